The first-order chi connectivity index (χ1) is 9.59. The first-order valence-electron chi connectivity index (χ1n) is 6.49. The van der Waals surface area contributed by atoms with E-state index in [0.29, 0.717) is 16.6 Å². The molecule has 2 unspecified atom stereocenters. The lowest BCUT2D eigenvalue weighted by Crippen LogP contribution is -2.31. The van der Waals surface area contributed by atoms with Gasteiger partial charge in [0.15, 0.2) is 0 Å². The van der Waals surface area contributed by atoms with E-state index in [0.717, 1.165) is 11.1 Å². The molecule has 0 saturated carbocycles. The Hall–Kier alpha value is -0.770. The fourth-order valence-corrected chi connectivity index (χ4v) is 2.39. The molecule has 0 spiro atoms. The third kappa shape index (κ3) is 4.87. The maximum atomic E-state index is 10.3. The van der Waals surface area contributed by atoms with Crippen LogP contribution in [0.5, 0.6) is 0 Å². The van der Waals surface area contributed by atoms with Gasteiger partial charge in [0.1, 0.15) is 0 Å². The minimum absolute atomic E-state index is 0. The van der Waals surface area contributed by atoms with Crippen LogP contribution in [0.3, 0.4) is 0 Å². The van der Waals surface area contributed by atoms with Crippen LogP contribution in [0.15, 0.2) is 48.5 Å². The van der Waals surface area contributed by atoms with E-state index in [2.05, 4.69) is 5.32 Å². The number of nitrogens with one attached hydrogen (secondary N) is 1. The van der Waals surface area contributed by atoms with Crippen molar-refractivity contribution < 1.29 is 5.11 Å². The molecule has 2 aromatic carbocycles. The minimum atomic E-state index is -0.561. The topological polar surface area (TPSA) is 32.3 Å². The summed E-state index contributed by atoms with van der Waals surface area (Å²) in [6, 6.07) is 15.0. The second-order valence-electron chi connectivity index (χ2n) is 4.74. The standard InChI is InChI=1S/C16H17Cl2NO.ClH/c1-11(16(20)12-6-3-2-4-7-12)19-10-13-8-5-9-14(17)15(13)18;/h2-9,11,16,19-20H,10H2,1H3;1H. The number of benzene rings is 2. The van der Waals surface area contributed by atoms with Gasteiger partial charge in [-0.3, -0.25) is 0 Å². The summed E-state index contributed by atoms with van der Waals surface area (Å²) < 4.78 is 0. The summed E-state index contributed by atoms with van der Waals surface area (Å²) in [6.45, 7) is 2.50. The maximum absolute atomic E-state index is 10.3. The van der Waals surface area contributed by atoms with Gasteiger partial charge in [-0.25, -0.2) is 0 Å². The van der Waals surface area contributed by atoms with Gasteiger partial charge in [-0.15, -0.1) is 12.4 Å². The molecule has 0 amide bonds. The molecule has 0 radical (unpaired) electrons. The molecular formula is C16H18Cl3NO. The molecule has 2 rings (SSSR count). The molecule has 21 heavy (non-hydrogen) atoms. The van der Waals surface area contributed by atoms with Crippen LogP contribution in [0.2, 0.25) is 10.0 Å². The lowest BCUT2D eigenvalue weighted by atomic mass is 10.0. The van der Waals surface area contributed by atoms with Gasteiger partial charge in [-0.1, -0.05) is 65.7 Å². The molecule has 0 saturated heterocycles. The average molecular weight is 347 g/mol. The van der Waals surface area contributed by atoms with E-state index in [1.807, 2.05) is 49.4 Å². The first-order valence-corrected chi connectivity index (χ1v) is 7.24. The molecule has 0 aliphatic rings. The van der Waals surface area contributed by atoms with Crippen molar-refractivity contribution in [3.8, 4) is 0 Å². The summed E-state index contributed by atoms with van der Waals surface area (Å²) in [7, 11) is 0. The van der Waals surface area contributed by atoms with Crippen LogP contribution in [0.4, 0.5) is 0 Å². The summed E-state index contributed by atoms with van der Waals surface area (Å²) in [5, 5.41) is 14.6. The molecule has 2 aromatic rings. The van der Waals surface area contributed by atoms with Crippen LogP contribution >= 0.6 is 35.6 Å². The fourth-order valence-electron chi connectivity index (χ4n) is 2.01. The van der Waals surface area contributed by atoms with E-state index < -0.39 is 6.10 Å². The quantitative estimate of drug-likeness (QED) is 0.827. The normalized spacial score (nSPS) is 13.3. The molecule has 0 aromatic heterocycles. The zero-order chi connectivity index (χ0) is 14.5. The molecule has 5 heteroatoms. The molecule has 0 heterocycles. The van der Waals surface area contributed by atoms with E-state index in [1.165, 1.54) is 0 Å². The number of halogens is 3. The Morgan fingerprint density at radius 1 is 1.05 bits per heavy atom. The molecular weight excluding hydrogens is 329 g/mol. The van der Waals surface area contributed by atoms with Crippen LogP contribution in [-0.2, 0) is 6.54 Å². The molecule has 114 valence electrons. The summed E-state index contributed by atoms with van der Waals surface area (Å²) in [6.07, 6.45) is -0.561. The lowest BCUT2D eigenvalue weighted by Gasteiger charge is -2.21. The molecule has 2 atom stereocenters. The Labute approximate surface area is 141 Å². The number of aliphatic hydroxyl groups excluding tert-OH is 1. The number of rotatable bonds is 5. The van der Waals surface area contributed by atoms with Crippen LogP contribution in [0.25, 0.3) is 0 Å². The SMILES string of the molecule is CC(NCc1cccc(Cl)c1Cl)C(O)c1ccccc1.Cl. The predicted molar refractivity (Wildman–Crippen MR) is 91.4 cm³/mol. The van der Waals surface area contributed by atoms with Crippen molar-refractivity contribution in [3.63, 3.8) is 0 Å². The Bertz CT molecular complexity index is 563. The van der Waals surface area contributed by atoms with E-state index in [4.69, 9.17) is 23.2 Å². The van der Waals surface area contributed by atoms with Crippen molar-refractivity contribution >= 4 is 35.6 Å². The van der Waals surface area contributed by atoms with Crippen LogP contribution in [0, 0.1) is 0 Å². The first kappa shape index (κ1) is 18.3. The van der Waals surface area contributed by atoms with Crippen molar-refractivity contribution in [2.45, 2.75) is 25.6 Å². The average Bonchev–Trinajstić information content (AvgIpc) is 2.48. The molecule has 0 aliphatic carbocycles. The Morgan fingerprint density at radius 2 is 1.71 bits per heavy atom. The van der Waals surface area contributed by atoms with Gasteiger partial charge in [0.25, 0.3) is 0 Å². The maximum Gasteiger partial charge on any atom is 0.0940 e. The molecule has 2 nitrogen and oxygen atoms in total. The van der Waals surface area contributed by atoms with Gasteiger partial charge >= 0.3 is 0 Å². The van der Waals surface area contributed by atoms with E-state index in [1.54, 1.807) is 6.07 Å². The van der Waals surface area contributed by atoms with Gasteiger partial charge in [-0.05, 0) is 24.1 Å². The van der Waals surface area contributed by atoms with Crippen molar-refractivity contribution in [2.75, 3.05) is 0 Å². The monoisotopic (exact) mass is 345 g/mol. The van der Waals surface area contributed by atoms with Gasteiger partial charge in [0, 0.05) is 12.6 Å². The zero-order valence-corrected chi connectivity index (χ0v) is 13.9. The van der Waals surface area contributed by atoms with Gasteiger partial charge in [0.05, 0.1) is 16.1 Å². The summed E-state index contributed by atoms with van der Waals surface area (Å²) in [5.74, 6) is 0. The second-order valence-corrected chi connectivity index (χ2v) is 5.52. The second kappa shape index (κ2) is 8.62. The van der Waals surface area contributed by atoms with Crippen molar-refractivity contribution in [1.82, 2.24) is 5.32 Å². The highest BCUT2D eigenvalue weighted by molar-refractivity contribution is 6.42. The van der Waals surface area contributed by atoms with E-state index in [-0.39, 0.29) is 18.4 Å². The number of hydrogen-bond donors (Lipinski definition) is 2. The molecule has 0 bridgehead atoms. The van der Waals surface area contributed by atoms with E-state index in [9.17, 15) is 5.11 Å². The Balaban J connectivity index is 0.00000220. The van der Waals surface area contributed by atoms with Crippen molar-refractivity contribution in [3.05, 3.63) is 69.7 Å². The third-order valence-electron chi connectivity index (χ3n) is 3.26. The van der Waals surface area contributed by atoms with Gasteiger partial charge in [-0.2, -0.15) is 0 Å². The highest BCUT2D eigenvalue weighted by atomic mass is 35.5. The zero-order valence-electron chi connectivity index (χ0n) is 11.6. The van der Waals surface area contributed by atoms with Gasteiger partial charge in [0.2, 0.25) is 0 Å². The number of aliphatic hydroxyl groups is 1. The molecule has 2 N–H and O–H groups in total. The fraction of sp³-hybridized carbons (Fsp3) is 0.250. The van der Waals surface area contributed by atoms with E-state index >= 15 is 0 Å². The summed E-state index contributed by atoms with van der Waals surface area (Å²) in [4.78, 5) is 0. The highest BCUT2D eigenvalue weighted by Crippen LogP contribution is 2.25. The smallest absolute Gasteiger partial charge is 0.0940 e. The number of hydrogen-bond acceptors (Lipinski definition) is 2. The summed E-state index contributed by atoms with van der Waals surface area (Å²) >= 11 is 12.1. The Morgan fingerprint density at radius 3 is 2.38 bits per heavy atom. The van der Waals surface area contributed by atoms with Crippen molar-refractivity contribution in [2.24, 2.45) is 0 Å². The lowest BCUT2D eigenvalue weighted by molar-refractivity contribution is 0.135. The predicted octanol–water partition coefficient (Wildman–Crippen LogP) is 4.63. The summed E-state index contributed by atoms with van der Waals surface area (Å²) in [5.41, 5.74) is 1.82. The largest absolute Gasteiger partial charge is 0.387 e. The molecule has 0 fully saturated rings. The van der Waals surface area contributed by atoms with Crippen LogP contribution < -0.4 is 5.32 Å². The highest BCUT2D eigenvalue weighted by Gasteiger charge is 2.16. The van der Waals surface area contributed by atoms with Crippen molar-refractivity contribution in [1.29, 1.82) is 0 Å². The van der Waals surface area contributed by atoms with Crippen LogP contribution in [0.1, 0.15) is 24.2 Å². The Kier molecular flexibility index (Phi) is 7.50. The van der Waals surface area contributed by atoms with Crippen LogP contribution in [-0.4, -0.2) is 11.1 Å². The minimum Gasteiger partial charge on any atom is -0.387 e. The molecule has 0 aliphatic heterocycles. The third-order valence-corrected chi connectivity index (χ3v) is 4.12. The van der Waals surface area contributed by atoms with Gasteiger partial charge < -0.3 is 10.4 Å².